The molecule has 244 valence electrons. The summed E-state index contributed by atoms with van der Waals surface area (Å²) in [6.45, 7) is 17.8. The summed E-state index contributed by atoms with van der Waals surface area (Å²) in [6, 6.07) is 9.55. The lowest BCUT2D eigenvalue weighted by molar-refractivity contribution is -0.141. The van der Waals surface area contributed by atoms with Crippen LogP contribution < -0.4 is 10.6 Å². The van der Waals surface area contributed by atoms with Crippen LogP contribution in [0.25, 0.3) is 0 Å². The first kappa shape index (κ1) is 37.1. The van der Waals surface area contributed by atoms with Gasteiger partial charge in [-0.15, -0.1) is 0 Å². The number of benzene rings is 2. The van der Waals surface area contributed by atoms with Crippen LogP contribution in [0, 0.1) is 26.7 Å². The molecule has 0 aliphatic heterocycles. The molecule has 44 heavy (non-hydrogen) atoms. The zero-order chi connectivity index (χ0) is 33.0. The van der Waals surface area contributed by atoms with Crippen molar-refractivity contribution in [3.63, 3.8) is 0 Å². The minimum atomic E-state index is -0.940. The zero-order valence-corrected chi connectivity index (χ0v) is 29.1. The molecule has 0 aliphatic carbocycles. The van der Waals surface area contributed by atoms with Crippen LogP contribution >= 0.6 is 11.6 Å². The van der Waals surface area contributed by atoms with E-state index in [2.05, 4.69) is 17.6 Å². The number of carbonyl (C=O) groups is 3. The highest BCUT2D eigenvalue weighted by Gasteiger charge is 2.37. The molecule has 2 atom stereocenters. The first-order valence-electron chi connectivity index (χ1n) is 16.1. The maximum Gasteiger partial charge on any atom is 0.408 e. The second-order valence-electron chi connectivity index (χ2n) is 13.3. The molecule has 0 aliphatic rings. The first-order valence-corrected chi connectivity index (χ1v) is 16.5. The van der Waals surface area contributed by atoms with Gasteiger partial charge in [-0.05, 0) is 83.1 Å². The third-order valence-corrected chi connectivity index (χ3v) is 7.80. The number of carbonyl (C=O) groups excluding carboxylic acids is 3. The summed E-state index contributed by atoms with van der Waals surface area (Å²) in [5, 5.41) is 6.31. The van der Waals surface area contributed by atoms with Crippen molar-refractivity contribution >= 4 is 35.2 Å². The van der Waals surface area contributed by atoms with Gasteiger partial charge >= 0.3 is 6.09 Å². The van der Waals surface area contributed by atoms with Gasteiger partial charge in [0, 0.05) is 6.54 Å². The van der Waals surface area contributed by atoms with Crippen LogP contribution in [0.1, 0.15) is 115 Å². The number of anilines is 1. The topological polar surface area (TPSA) is 87.7 Å². The van der Waals surface area contributed by atoms with Crippen LogP contribution in [0.3, 0.4) is 0 Å². The molecule has 0 bridgehead atoms. The van der Waals surface area contributed by atoms with Crippen molar-refractivity contribution in [2.45, 2.75) is 125 Å². The van der Waals surface area contributed by atoms with Crippen LogP contribution in [-0.4, -0.2) is 41.0 Å². The molecule has 2 N–H and O–H groups in total. The Morgan fingerprint density at radius 2 is 1.59 bits per heavy atom. The van der Waals surface area contributed by atoms with Crippen molar-refractivity contribution < 1.29 is 19.1 Å². The van der Waals surface area contributed by atoms with E-state index in [4.69, 9.17) is 16.3 Å². The van der Waals surface area contributed by atoms with Crippen molar-refractivity contribution in [1.29, 1.82) is 0 Å². The van der Waals surface area contributed by atoms with Gasteiger partial charge in [-0.25, -0.2) is 4.79 Å². The van der Waals surface area contributed by atoms with Gasteiger partial charge in [0.05, 0.1) is 10.7 Å². The van der Waals surface area contributed by atoms with E-state index in [1.807, 2.05) is 65.0 Å². The molecule has 0 saturated heterocycles. The molecule has 8 heteroatoms. The number of unbranched alkanes of at least 4 members (excludes halogenated alkanes) is 5. The summed E-state index contributed by atoms with van der Waals surface area (Å²) in [7, 11) is 0. The normalized spacial score (nSPS) is 12.9. The largest absolute Gasteiger partial charge is 0.444 e. The van der Waals surface area contributed by atoms with Crippen LogP contribution in [-0.2, 0) is 14.3 Å². The lowest BCUT2D eigenvalue weighted by atomic mass is 9.95. The van der Waals surface area contributed by atoms with E-state index < -0.39 is 23.8 Å². The van der Waals surface area contributed by atoms with Crippen molar-refractivity contribution in [1.82, 2.24) is 10.2 Å². The van der Waals surface area contributed by atoms with Crippen LogP contribution in [0.2, 0.25) is 5.02 Å². The van der Waals surface area contributed by atoms with E-state index in [0.717, 1.165) is 54.4 Å². The number of amides is 3. The molecule has 0 saturated carbocycles. The number of rotatable bonds is 15. The van der Waals surface area contributed by atoms with E-state index in [1.165, 1.54) is 6.42 Å². The Morgan fingerprint density at radius 1 is 0.932 bits per heavy atom. The Labute approximate surface area is 270 Å². The highest BCUT2D eigenvalue weighted by Crippen LogP contribution is 2.32. The lowest BCUT2D eigenvalue weighted by Gasteiger charge is -2.36. The van der Waals surface area contributed by atoms with E-state index in [0.29, 0.717) is 23.7 Å². The van der Waals surface area contributed by atoms with Crippen molar-refractivity contribution in [3.8, 4) is 0 Å². The number of nitrogens with zero attached hydrogens (tertiary/aromatic N) is 1. The highest BCUT2D eigenvalue weighted by atomic mass is 35.5. The maximum atomic E-state index is 14.6. The van der Waals surface area contributed by atoms with Crippen LogP contribution in [0.15, 0.2) is 36.4 Å². The van der Waals surface area contributed by atoms with Crippen LogP contribution in [0.5, 0.6) is 0 Å². The average Bonchev–Trinajstić information content (AvgIpc) is 2.90. The molecule has 7 nitrogen and oxygen atoms in total. The monoisotopic (exact) mass is 627 g/mol. The Hall–Kier alpha value is -3.06. The van der Waals surface area contributed by atoms with Crippen molar-refractivity contribution in [2.75, 3.05) is 11.9 Å². The fourth-order valence-electron chi connectivity index (χ4n) is 5.34. The summed E-state index contributed by atoms with van der Waals surface area (Å²) in [4.78, 5) is 43.5. The van der Waals surface area contributed by atoms with E-state index in [9.17, 15) is 14.4 Å². The molecule has 0 heterocycles. The zero-order valence-electron chi connectivity index (χ0n) is 28.3. The Balaban J connectivity index is 2.61. The Bertz CT molecular complexity index is 1230. The SMILES string of the molecule is CCCCCCCCN(C(=O)C(CC(C)C)NC(=O)OC(C)(C)C)C(C(=O)Nc1c(C)cccc1Cl)c1ccc(C)cc1C. The number of halogens is 1. The number of alkyl carbamates (subject to hydrolysis) is 1. The van der Waals surface area contributed by atoms with Gasteiger partial charge < -0.3 is 20.3 Å². The van der Waals surface area contributed by atoms with Gasteiger partial charge in [0.1, 0.15) is 17.7 Å². The number of nitrogens with one attached hydrogen (secondary N) is 2. The fraction of sp³-hybridized carbons (Fsp3) is 0.583. The Morgan fingerprint density at radius 3 is 2.18 bits per heavy atom. The molecule has 2 unspecified atom stereocenters. The molecule has 2 aromatic rings. The molecular weight excluding hydrogens is 574 g/mol. The maximum absolute atomic E-state index is 14.6. The third kappa shape index (κ3) is 11.8. The minimum absolute atomic E-state index is 0.106. The van der Waals surface area contributed by atoms with Gasteiger partial charge in [0.2, 0.25) is 5.91 Å². The molecule has 0 spiro atoms. The highest BCUT2D eigenvalue weighted by molar-refractivity contribution is 6.34. The molecule has 0 fully saturated rings. The number of ether oxygens (including phenoxy) is 1. The van der Waals surface area contributed by atoms with Crippen molar-refractivity contribution in [3.05, 3.63) is 63.7 Å². The summed E-state index contributed by atoms with van der Waals surface area (Å²) >= 11 is 6.52. The molecule has 3 amide bonds. The standard InChI is InChI=1S/C36H54ClN3O4/c1-10-11-12-13-14-15-21-40(34(42)30(22-24(2)3)38-35(43)44-36(7,8)9)32(28-20-19-25(4)23-27(28)6)33(41)39-31-26(5)17-16-18-29(31)37/h16-20,23-24,30,32H,10-15,21-22H2,1-9H3,(H,38,43)(H,39,41). The first-order chi connectivity index (χ1) is 20.6. The number of hydrogen-bond donors (Lipinski definition) is 2. The average molecular weight is 628 g/mol. The minimum Gasteiger partial charge on any atom is -0.444 e. The van der Waals surface area contributed by atoms with Gasteiger partial charge in [0.25, 0.3) is 5.91 Å². The summed E-state index contributed by atoms with van der Waals surface area (Å²) in [6.07, 6.45) is 5.91. The third-order valence-electron chi connectivity index (χ3n) is 7.48. The quantitative estimate of drug-likeness (QED) is 0.193. The molecule has 0 radical (unpaired) electrons. The van der Waals surface area contributed by atoms with Crippen molar-refractivity contribution in [2.24, 2.45) is 5.92 Å². The molecule has 2 rings (SSSR count). The predicted molar refractivity (Wildman–Crippen MR) is 181 cm³/mol. The summed E-state index contributed by atoms with van der Waals surface area (Å²) in [5.41, 5.74) is 3.32. The number of aryl methyl sites for hydroxylation is 3. The molecular formula is C36H54ClN3O4. The molecule has 2 aromatic carbocycles. The second-order valence-corrected chi connectivity index (χ2v) is 13.7. The number of para-hydroxylation sites is 1. The number of hydrogen-bond acceptors (Lipinski definition) is 4. The lowest BCUT2D eigenvalue weighted by Crippen LogP contribution is -2.53. The van der Waals surface area contributed by atoms with E-state index in [1.54, 1.807) is 31.7 Å². The van der Waals surface area contributed by atoms with E-state index >= 15 is 0 Å². The van der Waals surface area contributed by atoms with Gasteiger partial charge in [-0.1, -0.05) is 100 Å². The Kier molecular flexibility index (Phi) is 14.7. The summed E-state index contributed by atoms with van der Waals surface area (Å²) < 4.78 is 5.53. The predicted octanol–water partition coefficient (Wildman–Crippen LogP) is 9.07. The van der Waals surface area contributed by atoms with Gasteiger partial charge in [-0.2, -0.15) is 0 Å². The molecule has 0 aromatic heterocycles. The van der Waals surface area contributed by atoms with E-state index in [-0.39, 0.29) is 17.7 Å². The second kappa shape index (κ2) is 17.4. The van der Waals surface area contributed by atoms with Gasteiger partial charge in [-0.3, -0.25) is 9.59 Å². The van der Waals surface area contributed by atoms with Gasteiger partial charge in [0.15, 0.2) is 0 Å². The van der Waals surface area contributed by atoms with Crippen LogP contribution in [0.4, 0.5) is 10.5 Å². The fourth-order valence-corrected chi connectivity index (χ4v) is 5.61. The summed E-state index contributed by atoms with van der Waals surface area (Å²) in [5.74, 6) is -0.559. The smallest absolute Gasteiger partial charge is 0.408 e.